The average molecular weight is 584 g/mol. The third-order valence-corrected chi connectivity index (χ3v) is 7.91. The van der Waals surface area contributed by atoms with Gasteiger partial charge < -0.3 is 20.2 Å². The van der Waals surface area contributed by atoms with E-state index in [1.54, 1.807) is 48.6 Å². The largest absolute Gasteiger partial charge is 0.389 e. The molecule has 2 aromatic heterocycles. The number of hydrogen-bond acceptors (Lipinski definition) is 7. The van der Waals surface area contributed by atoms with Crippen LogP contribution in [0.15, 0.2) is 85.0 Å². The Hall–Kier alpha value is -4.34. The summed E-state index contributed by atoms with van der Waals surface area (Å²) in [7, 11) is 3.60. The Labute approximate surface area is 251 Å². The van der Waals surface area contributed by atoms with E-state index in [9.17, 15) is 14.7 Å². The molecule has 9 heteroatoms. The topological polar surface area (TPSA) is 98.7 Å². The first-order valence-corrected chi connectivity index (χ1v) is 14.6. The zero-order valence-corrected chi connectivity index (χ0v) is 25.3. The van der Waals surface area contributed by atoms with E-state index in [1.807, 2.05) is 67.6 Å². The first kappa shape index (κ1) is 30.6. The molecule has 4 rings (SSSR count). The summed E-state index contributed by atoms with van der Waals surface area (Å²) >= 11 is 1.51. The Morgan fingerprint density at radius 2 is 1.76 bits per heavy atom. The molecule has 0 bridgehead atoms. The Kier molecular flexibility index (Phi) is 10.2. The minimum atomic E-state index is -0.898. The number of hydrogen-bond donors (Lipinski definition) is 2. The van der Waals surface area contributed by atoms with Crippen LogP contribution < -0.4 is 10.2 Å². The highest BCUT2D eigenvalue weighted by atomic mass is 32.1. The molecule has 0 unspecified atom stereocenters. The highest BCUT2D eigenvalue weighted by Crippen LogP contribution is 2.19. The predicted octanol–water partition coefficient (Wildman–Crippen LogP) is 4.99. The van der Waals surface area contributed by atoms with Crippen molar-refractivity contribution in [2.24, 2.45) is 0 Å². The van der Waals surface area contributed by atoms with Gasteiger partial charge in [0.25, 0.3) is 11.8 Å². The normalized spacial score (nSPS) is 12.3. The van der Waals surface area contributed by atoms with Gasteiger partial charge in [-0.2, -0.15) is 0 Å². The van der Waals surface area contributed by atoms with E-state index < -0.39 is 12.1 Å². The van der Waals surface area contributed by atoms with E-state index in [-0.39, 0.29) is 18.4 Å². The molecule has 4 aromatic rings. The molecule has 2 amide bonds. The van der Waals surface area contributed by atoms with Crippen molar-refractivity contribution in [3.63, 3.8) is 0 Å². The molecule has 8 nitrogen and oxygen atoms in total. The second kappa shape index (κ2) is 14.0. The van der Waals surface area contributed by atoms with Crippen LogP contribution >= 0.6 is 11.3 Å². The Balaban J connectivity index is 1.49. The molecule has 0 spiro atoms. The molecule has 2 N–H and O–H groups in total. The third-order valence-electron chi connectivity index (χ3n) is 6.96. The maximum absolute atomic E-state index is 13.5. The van der Waals surface area contributed by atoms with Crippen LogP contribution in [0.25, 0.3) is 5.57 Å². The van der Waals surface area contributed by atoms with Crippen LogP contribution in [0.3, 0.4) is 0 Å². The van der Waals surface area contributed by atoms with Crippen LogP contribution in [0.4, 0.5) is 5.69 Å². The number of thiazole rings is 1. The number of nitrogens with zero attached hydrogens (tertiary/aromatic N) is 4. The van der Waals surface area contributed by atoms with E-state index in [0.717, 1.165) is 33.1 Å². The van der Waals surface area contributed by atoms with Gasteiger partial charge in [-0.05, 0) is 61.2 Å². The van der Waals surface area contributed by atoms with Crippen LogP contribution in [0.5, 0.6) is 0 Å². The molecule has 2 heterocycles. The third kappa shape index (κ3) is 8.11. The van der Waals surface area contributed by atoms with Crippen molar-refractivity contribution in [2.75, 3.05) is 25.5 Å². The molecule has 0 saturated heterocycles. The van der Waals surface area contributed by atoms with Gasteiger partial charge in [-0.15, -0.1) is 11.3 Å². The zero-order chi connectivity index (χ0) is 30.2. The maximum atomic E-state index is 13.5. The van der Waals surface area contributed by atoms with Gasteiger partial charge >= 0.3 is 0 Å². The summed E-state index contributed by atoms with van der Waals surface area (Å²) in [6, 6.07) is 17.8. The Morgan fingerprint density at radius 3 is 2.45 bits per heavy atom. The Bertz CT molecular complexity index is 1540. The minimum absolute atomic E-state index is 0.203. The number of nitrogens with one attached hydrogen (secondary N) is 1. The smallest absolute Gasteiger partial charge is 0.253 e. The number of pyridine rings is 1. The number of amides is 2. The van der Waals surface area contributed by atoms with E-state index in [2.05, 4.69) is 21.9 Å². The van der Waals surface area contributed by atoms with Crippen LogP contribution in [0, 0.1) is 6.92 Å². The molecule has 0 aliphatic carbocycles. The van der Waals surface area contributed by atoms with Crippen LogP contribution in [-0.4, -0.2) is 64.6 Å². The number of allylic oxidation sites excluding steroid dienone is 1. The van der Waals surface area contributed by atoms with Crippen molar-refractivity contribution in [2.45, 2.75) is 39.0 Å². The molecule has 2 atom stereocenters. The second-order valence-corrected chi connectivity index (χ2v) is 11.5. The molecule has 218 valence electrons. The van der Waals surface area contributed by atoms with Gasteiger partial charge in [0.1, 0.15) is 5.01 Å². The summed E-state index contributed by atoms with van der Waals surface area (Å²) < 4.78 is 0. The van der Waals surface area contributed by atoms with E-state index in [1.165, 1.54) is 11.3 Å². The second-order valence-electron chi connectivity index (χ2n) is 10.6. The van der Waals surface area contributed by atoms with E-state index in [0.29, 0.717) is 24.1 Å². The van der Waals surface area contributed by atoms with Crippen LogP contribution in [0.2, 0.25) is 0 Å². The number of aliphatic hydroxyl groups excluding tert-OH is 1. The van der Waals surface area contributed by atoms with Crippen molar-refractivity contribution in [3.05, 3.63) is 118 Å². The summed E-state index contributed by atoms with van der Waals surface area (Å²) in [4.78, 5) is 38.9. The zero-order valence-electron chi connectivity index (χ0n) is 24.4. The van der Waals surface area contributed by atoms with Gasteiger partial charge in [0.2, 0.25) is 0 Å². The fourth-order valence-electron chi connectivity index (χ4n) is 4.55. The first-order chi connectivity index (χ1) is 20.1. The van der Waals surface area contributed by atoms with Gasteiger partial charge in [0, 0.05) is 49.0 Å². The first-order valence-electron chi connectivity index (χ1n) is 13.7. The average Bonchev–Trinajstić information content (AvgIpc) is 3.40. The highest BCUT2D eigenvalue weighted by molar-refractivity contribution is 7.09. The van der Waals surface area contributed by atoms with Crippen molar-refractivity contribution in [3.8, 4) is 0 Å². The van der Waals surface area contributed by atoms with Crippen LogP contribution in [-0.2, 0) is 13.0 Å². The van der Waals surface area contributed by atoms with E-state index in [4.69, 9.17) is 0 Å². The van der Waals surface area contributed by atoms with Crippen molar-refractivity contribution >= 4 is 34.4 Å². The number of rotatable bonds is 12. The fraction of sp³-hybridized carbons (Fsp3) is 0.273. The number of anilines is 1. The molecule has 42 heavy (non-hydrogen) atoms. The summed E-state index contributed by atoms with van der Waals surface area (Å²) in [5.74, 6) is -0.568. The monoisotopic (exact) mass is 583 g/mol. The lowest BCUT2D eigenvalue weighted by atomic mass is 9.99. The van der Waals surface area contributed by atoms with Crippen LogP contribution in [0.1, 0.15) is 49.5 Å². The number of aryl methyl sites for hydroxylation is 1. The van der Waals surface area contributed by atoms with Crippen molar-refractivity contribution in [1.29, 1.82) is 0 Å². The van der Waals surface area contributed by atoms with Gasteiger partial charge in [-0.3, -0.25) is 14.6 Å². The summed E-state index contributed by atoms with van der Waals surface area (Å²) in [5.41, 5.74) is 5.31. The minimum Gasteiger partial charge on any atom is -0.389 e. The number of carbonyl (C=O) groups excluding carboxylic acids is 2. The number of aliphatic hydroxyl groups is 1. The standard InChI is InChI=1S/C33H37N5O3S/c1-22(2)27-16-28(18-34-17-27)37(4)19-30(39)29(14-24-10-7-6-8-11-24)36-32(40)25-12-9-13-26(15-25)33(41)38(5)20-31-35-23(3)21-42-31/h6-13,15-18,21,29-30,39H,1,14,19-20H2,2-5H3,(H,36,40)/t29-,30+/m0/s1. The summed E-state index contributed by atoms with van der Waals surface area (Å²) in [6.45, 7) is 8.48. The van der Waals surface area contributed by atoms with Crippen molar-refractivity contribution in [1.82, 2.24) is 20.2 Å². The lowest BCUT2D eigenvalue weighted by molar-refractivity contribution is 0.0785. The molecule has 0 saturated carbocycles. The fourth-order valence-corrected chi connectivity index (χ4v) is 5.37. The predicted molar refractivity (Wildman–Crippen MR) is 169 cm³/mol. The molecular formula is C33H37N5O3S. The Morgan fingerprint density at radius 1 is 1.02 bits per heavy atom. The molecular weight excluding hydrogens is 546 g/mol. The van der Waals surface area contributed by atoms with Gasteiger partial charge in [-0.1, -0.05) is 43.0 Å². The lowest BCUT2D eigenvalue weighted by Crippen LogP contribution is -2.49. The maximum Gasteiger partial charge on any atom is 0.253 e. The van der Waals surface area contributed by atoms with E-state index >= 15 is 0 Å². The molecule has 0 aliphatic heterocycles. The van der Waals surface area contributed by atoms with Gasteiger partial charge in [0.15, 0.2) is 0 Å². The highest BCUT2D eigenvalue weighted by Gasteiger charge is 2.25. The van der Waals surface area contributed by atoms with Crippen molar-refractivity contribution < 1.29 is 14.7 Å². The summed E-state index contributed by atoms with van der Waals surface area (Å²) in [5, 5.41) is 17.2. The molecule has 0 aliphatic rings. The quantitative estimate of drug-likeness (QED) is 0.244. The lowest BCUT2D eigenvalue weighted by Gasteiger charge is -2.29. The number of likely N-dealkylation sites (N-methyl/N-ethyl adjacent to an activating group) is 1. The molecule has 0 radical (unpaired) electrons. The number of benzene rings is 2. The SMILES string of the molecule is C=C(C)c1cncc(N(C)C[C@@H](O)[C@H](Cc2ccccc2)NC(=O)c2cccc(C(=O)N(C)Cc3nc(C)cs3)c2)c1. The number of carbonyl (C=O) groups is 2. The van der Waals surface area contributed by atoms with Gasteiger partial charge in [0.05, 0.1) is 30.6 Å². The molecule has 2 aromatic carbocycles. The number of aromatic nitrogens is 2. The van der Waals surface area contributed by atoms with Gasteiger partial charge in [-0.25, -0.2) is 4.98 Å². The summed E-state index contributed by atoms with van der Waals surface area (Å²) in [6.07, 6.45) is 3.02. The molecule has 0 fully saturated rings.